The van der Waals surface area contributed by atoms with Crippen LogP contribution in [0.3, 0.4) is 0 Å². The molecule has 3 aromatic rings. The maximum atomic E-state index is 13.5. The summed E-state index contributed by atoms with van der Waals surface area (Å²) in [6.07, 6.45) is 4.62. The van der Waals surface area contributed by atoms with Gasteiger partial charge in [0.15, 0.2) is 0 Å². The molecule has 0 amide bonds. The summed E-state index contributed by atoms with van der Waals surface area (Å²) in [6, 6.07) is 10.7. The molecule has 23 heavy (non-hydrogen) atoms. The standard InChI is InChI=1S/C18H17FN4/c19-15-5-1-4-14(9-15)18-16-12-23(8-6-17(16)21-22-18)11-13-3-2-7-20-10-13/h1-5,7,9-10H,6,8,11-12H2,(H,21,22). The van der Waals surface area contributed by atoms with Crippen molar-refractivity contribution in [2.24, 2.45) is 0 Å². The van der Waals surface area contributed by atoms with Crippen LogP contribution in [0, 0.1) is 5.82 Å². The van der Waals surface area contributed by atoms with Crippen molar-refractivity contribution in [3.8, 4) is 11.3 Å². The van der Waals surface area contributed by atoms with Gasteiger partial charge in [0.1, 0.15) is 5.82 Å². The quantitative estimate of drug-likeness (QED) is 0.808. The van der Waals surface area contributed by atoms with Crippen LogP contribution in [-0.4, -0.2) is 26.6 Å². The summed E-state index contributed by atoms with van der Waals surface area (Å²) in [5.41, 5.74) is 5.21. The van der Waals surface area contributed by atoms with Crippen molar-refractivity contribution >= 4 is 0 Å². The first-order chi connectivity index (χ1) is 11.3. The van der Waals surface area contributed by atoms with Gasteiger partial charge in [0.25, 0.3) is 0 Å². The van der Waals surface area contributed by atoms with Crippen LogP contribution in [0.4, 0.5) is 4.39 Å². The second-order valence-electron chi connectivity index (χ2n) is 5.86. The van der Waals surface area contributed by atoms with Gasteiger partial charge < -0.3 is 0 Å². The van der Waals surface area contributed by atoms with E-state index in [4.69, 9.17) is 0 Å². The molecule has 2 aromatic heterocycles. The molecule has 5 heteroatoms. The molecule has 4 nitrogen and oxygen atoms in total. The first kappa shape index (κ1) is 14.1. The summed E-state index contributed by atoms with van der Waals surface area (Å²) < 4.78 is 13.5. The highest BCUT2D eigenvalue weighted by molar-refractivity contribution is 5.64. The van der Waals surface area contributed by atoms with Crippen molar-refractivity contribution in [1.82, 2.24) is 20.1 Å². The third-order valence-corrected chi connectivity index (χ3v) is 4.24. The van der Waals surface area contributed by atoms with E-state index in [1.54, 1.807) is 12.3 Å². The summed E-state index contributed by atoms with van der Waals surface area (Å²) in [5, 5.41) is 7.54. The van der Waals surface area contributed by atoms with Gasteiger partial charge in [-0.15, -0.1) is 0 Å². The summed E-state index contributed by atoms with van der Waals surface area (Å²) in [6.45, 7) is 2.65. The Kier molecular flexibility index (Phi) is 3.63. The molecule has 0 bridgehead atoms. The lowest BCUT2D eigenvalue weighted by molar-refractivity contribution is 0.245. The van der Waals surface area contributed by atoms with Crippen molar-refractivity contribution < 1.29 is 4.39 Å². The van der Waals surface area contributed by atoms with Gasteiger partial charge in [0, 0.05) is 55.3 Å². The predicted octanol–water partition coefficient (Wildman–Crippen LogP) is 3.17. The highest BCUT2D eigenvalue weighted by Gasteiger charge is 2.22. The Morgan fingerprint density at radius 2 is 2.17 bits per heavy atom. The number of halogens is 1. The molecular formula is C18H17FN4. The van der Waals surface area contributed by atoms with E-state index in [-0.39, 0.29) is 5.82 Å². The third kappa shape index (κ3) is 2.87. The Hall–Kier alpha value is -2.53. The zero-order valence-electron chi connectivity index (χ0n) is 12.7. The van der Waals surface area contributed by atoms with E-state index in [1.165, 1.54) is 23.3 Å². The molecule has 0 spiro atoms. The lowest BCUT2D eigenvalue weighted by atomic mass is 10.0. The Balaban J connectivity index is 1.60. The highest BCUT2D eigenvalue weighted by atomic mass is 19.1. The number of rotatable bonds is 3. The smallest absolute Gasteiger partial charge is 0.123 e. The maximum absolute atomic E-state index is 13.5. The van der Waals surface area contributed by atoms with E-state index < -0.39 is 0 Å². The normalized spacial score (nSPS) is 14.7. The van der Waals surface area contributed by atoms with E-state index in [1.807, 2.05) is 18.3 Å². The molecule has 0 aliphatic carbocycles. The van der Waals surface area contributed by atoms with Crippen LogP contribution >= 0.6 is 0 Å². The minimum atomic E-state index is -0.234. The van der Waals surface area contributed by atoms with E-state index >= 15 is 0 Å². The molecule has 1 N–H and O–H groups in total. The molecule has 4 rings (SSSR count). The summed E-state index contributed by atoms with van der Waals surface area (Å²) in [4.78, 5) is 6.55. The number of hydrogen-bond acceptors (Lipinski definition) is 3. The molecule has 0 radical (unpaired) electrons. The molecule has 0 fully saturated rings. The molecule has 1 aliphatic rings. The third-order valence-electron chi connectivity index (χ3n) is 4.24. The van der Waals surface area contributed by atoms with Gasteiger partial charge in [0.2, 0.25) is 0 Å². The van der Waals surface area contributed by atoms with Crippen molar-refractivity contribution in [3.63, 3.8) is 0 Å². The Labute approximate surface area is 134 Å². The number of aromatic nitrogens is 3. The van der Waals surface area contributed by atoms with Gasteiger partial charge in [-0.1, -0.05) is 18.2 Å². The SMILES string of the molecule is Fc1cccc(-c2n[nH]c3c2CN(Cc2cccnc2)CC3)c1. The van der Waals surface area contributed by atoms with Crippen LogP contribution in [0.5, 0.6) is 0 Å². The molecule has 1 aliphatic heterocycles. The number of benzene rings is 1. The van der Waals surface area contributed by atoms with Crippen LogP contribution < -0.4 is 0 Å². The molecule has 0 unspecified atom stereocenters. The molecule has 116 valence electrons. The van der Waals surface area contributed by atoms with Crippen LogP contribution in [0.25, 0.3) is 11.3 Å². The van der Waals surface area contributed by atoms with Crippen LogP contribution in [0.1, 0.15) is 16.8 Å². The van der Waals surface area contributed by atoms with E-state index in [2.05, 4.69) is 26.1 Å². The lowest BCUT2D eigenvalue weighted by Gasteiger charge is -2.27. The first-order valence-corrected chi connectivity index (χ1v) is 7.73. The number of H-pyrrole nitrogens is 1. The van der Waals surface area contributed by atoms with Gasteiger partial charge in [-0.2, -0.15) is 5.10 Å². The maximum Gasteiger partial charge on any atom is 0.123 e. The van der Waals surface area contributed by atoms with Crippen molar-refractivity contribution in [2.75, 3.05) is 6.54 Å². The number of nitrogens with zero attached hydrogens (tertiary/aromatic N) is 3. The second-order valence-corrected chi connectivity index (χ2v) is 5.86. The summed E-state index contributed by atoms with van der Waals surface area (Å²) in [5.74, 6) is -0.234. The average molecular weight is 308 g/mol. The van der Waals surface area contributed by atoms with Gasteiger partial charge in [-0.25, -0.2) is 4.39 Å². The molecule has 0 atom stereocenters. The van der Waals surface area contributed by atoms with Gasteiger partial charge in [0.05, 0.1) is 5.69 Å². The van der Waals surface area contributed by atoms with E-state index in [0.29, 0.717) is 0 Å². The number of pyridine rings is 1. The molecular weight excluding hydrogens is 291 g/mol. The van der Waals surface area contributed by atoms with Gasteiger partial charge >= 0.3 is 0 Å². The zero-order valence-corrected chi connectivity index (χ0v) is 12.7. The summed E-state index contributed by atoms with van der Waals surface area (Å²) >= 11 is 0. The molecule has 0 saturated carbocycles. The topological polar surface area (TPSA) is 44.8 Å². The van der Waals surface area contributed by atoms with Crippen LogP contribution in [-0.2, 0) is 19.5 Å². The van der Waals surface area contributed by atoms with E-state index in [9.17, 15) is 4.39 Å². The Morgan fingerprint density at radius 3 is 3.00 bits per heavy atom. The van der Waals surface area contributed by atoms with Crippen molar-refractivity contribution in [1.29, 1.82) is 0 Å². The van der Waals surface area contributed by atoms with Gasteiger partial charge in [-0.3, -0.25) is 15.0 Å². The first-order valence-electron chi connectivity index (χ1n) is 7.73. The fourth-order valence-electron chi connectivity index (χ4n) is 3.11. The van der Waals surface area contributed by atoms with Gasteiger partial charge in [-0.05, 0) is 23.8 Å². The number of hydrogen-bond donors (Lipinski definition) is 1. The highest BCUT2D eigenvalue weighted by Crippen LogP contribution is 2.29. The van der Waals surface area contributed by atoms with Crippen LogP contribution in [0.15, 0.2) is 48.8 Å². The Morgan fingerprint density at radius 1 is 1.22 bits per heavy atom. The Bertz CT molecular complexity index is 813. The minimum absolute atomic E-state index is 0.234. The number of nitrogens with one attached hydrogen (secondary N) is 1. The lowest BCUT2D eigenvalue weighted by Crippen LogP contribution is -2.30. The number of fused-ring (bicyclic) bond motifs is 1. The largest absolute Gasteiger partial charge is 0.294 e. The van der Waals surface area contributed by atoms with Crippen molar-refractivity contribution in [2.45, 2.75) is 19.5 Å². The number of aromatic amines is 1. The summed E-state index contributed by atoms with van der Waals surface area (Å²) in [7, 11) is 0. The molecule has 1 aromatic carbocycles. The van der Waals surface area contributed by atoms with Crippen molar-refractivity contribution in [3.05, 3.63) is 71.4 Å². The van der Waals surface area contributed by atoms with Crippen LogP contribution in [0.2, 0.25) is 0 Å². The molecule has 3 heterocycles. The zero-order chi connectivity index (χ0) is 15.6. The average Bonchev–Trinajstić information content (AvgIpc) is 2.99. The fraction of sp³-hybridized carbons (Fsp3) is 0.222. The monoisotopic (exact) mass is 308 g/mol. The fourth-order valence-corrected chi connectivity index (χ4v) is 3.11. The molecule has 0 saturated heterocycles. The van der Waals surface area contributed by atoms with E-state index in [0.717, 1.165) is 43.0 Å². The second kappa shape index (κ2) is 5.93. The minimum Gasteiger partial charge on any atom is -0.294 e. The predicted molar refractivity (Wildman–Crippen MR) is 86.0 cm³/mol.